The summed E-state index contributed by atoms with van der Waals surface area (Å²) in [6, 6.07) is 57.7. The number of imidazole rings is 1. The van der Waals surface area contributed by atoms with Gasteiger partial charge in [0.25, 0.3) is 0 Å². The zero-order valence-corrected chi connectivity index (χ0v) is 38.4. The molecule has 0 aliphatic carbocycles. The summed E-state index contributed by atoms with van der Waals surface area (Å²) in [5, 5.41) is 4.80. The van der Waals surface area contributed by atoms with Gasteiger partial charge in [-0.2, -0.15) is 0 Å². The summed E-state index contributed by atoms with van der Waals surface area (Å²) < 4.78 is 4.72. The van der Waals surface area contributed by atoms with Gasteiger partial charge in [0, 0.05) is 50.1 Å². The zero-order valence-electron chi connectivity index (χ0n) is 38.4. The Kier molecular flexibility index (Phi) is 9.01. The van der Waals surface area contributed by atoms with Crippen LogP contribution in [0.3, 0.4) is 0 Å². The van der Waals surface area contributed by atoms with Crippen molar-refractivity contribution in [1.29, 1.82) is 0 Å². The van der Waals surface area contributed by atoms with E-state index in [1.165, 1.54) is 77.2 Å². The minimum absolute atomic E-state index is 0.891. The van der Waals surface area contributed by atoms with Crippen molar-refractivity contribution in [2.45, 2.75) is 48.5 Å². The molecule has 4 aromatic heterocycles. The molecule has 0 spiro atoms. The number of nitrogens with zero attached hydrogens (tertiary/aromatic N) is 4. The van der Waals surface area contributed by atoms with Crippen LogP contribution in [-0.4, -0.2) is 24.1 Å². The van der Waals surface area contributed by atoms with Gasteiger partial charge in [-0.25, -0.2) is 9.97 Å². The second-order valence-electron chi connectivity index (χ2n) is 18.4. The monoisotopic (exact) mass is 851 g/mol. The van der Waals surface area contributed by atoms with Gasteiger partial charge in [0.2, 0.25) is 0 Å². The van der Waals surface area contributed by atoms with E-state index in [1.807, 2.05) is 6.20 Å². The predicted octanol–water partition coefficient (Wildman–Crippen LogP) is 16.0. The molecule has 0 fully saturated rings. The fraction of sp³-hybridized carbons (Fsp3) is 0.115. The molecule has 4 heterocycles. The van der Waals surface area contributed by atoms with Gasteiger partial charge in [0.15, 0.2) is 0 Å². The standard InChI is InChI=1S/C61H49N5/c1-35-25-26-62-55(31-35)66-53-33-42(23-24-48(53)58-50(57-40(6)29-37(3)30-41(57)7)32-43(34-54(58)66)56-38(4)27-36(2)28-39(56)5)45-18-14-22-52-60(45)64-61(65(52)44-15-9-8-10-16-44)49-20-13-19-47-46-17-11-12-21-51(46)63-59(47)49/h8-34,63H,1-7H3. The summed E-state index contributed by atoms with van der Waals surface area (Å²) in [5.41, 5.74) is 24.5. The second-order valence-corrected chi connectivity index (χ2v) is 18.4. The maximum Gasteiger partial charge on any atom is 0.147 e. The van der Waals surface area contributed by atoms with Crippen LogP contribution in [0.1, 0.15) is 38.9 Å². The molecule has 8 aromatic carbocycles. The van der Waals surface area contributed by atoms with Gasteiger partial charge in [-0.3, -0.25) is 9.13 Å². The number of aryl methyl sites for hydroxylation is 7. The highest BCUT2D eigenvalue weighted by Gasteiger charge is 2.25. The van der Waals surface area contributed by atoms with Crippen molar-refractivity contribution in [3.05, 3.63) is 203 Å². The van der Waals surface area contributed by atoms with Crippen LogP contribution in [0.4, 0.5) is 0 Å². The second kappa shape index (κ2) is 15.0. The zero-order chi connectivity index (χ0) is 45.0. The van der Waals surface area contributed by atoms with Gasteiger partial charge < -0.3 is 4.98 Å². The first-order valence-corrected chi connectivity index (χ1v) is 22.9. The molecule has 12 aromatic rings. The van der Waals surface area contributed by atoms with E-state index in [0.717, 1.165) is 72.7 Å². The van der Waals surface area contributed by atoms with E-state index in [-0.39, 0.29) is 0 Å². The number of H-pyrrole nitrogens is 1. The summed E-state index contributed by atoms with van der Waals surface area (Å²) >= 11 is 0. The van der Waals surface area contributed by atoms with Gasteiger partial charge >= 0.3 is 0 Å². The third-order valence-corrected chi connectivity index (χ3v) is 13.7. The van der Waals surface area contributed by atoms with Gasteiger partial charge in [0.05, 0.1) is 27.6 Å². The first-order valence-electron chi connectivity index (χ1n) is 22.9. The Morgan fingerprint density at radius 2 is 1.11 bits per heavy atom. The smallest absolute Gasteiger partial charge is 0.147 e. The van der Waals surface area contributed by atoms with E-state index < -0.39 is 0 Å². The van der Waals surface area contributed by atoms with Crippen LogP contribution in [0, 0.1) is 48.5 Å². The molecule has 0 aliphatic rings. The van der Waals surface area contributed by atoms with Crippen molar-refractivity contribution in [3.8, 4) is 56.3 Å². The summed E-state index contributed by atoms with van der Waals surface area (Å²) in [6.45, 7) is 15.6. The topological polar surface area (TPSA) is 51.4 Å². The van der Waals surface area contributed by atoms with Gasteiger partial charge in [-0.15, -0.1) is 0 Å². The summed E-state index contributed by atoms with van der Waals surface area (Å²) in [5.74, 6) is 1.79. The molecule has 5 heteroatoms. The summed E-state index contributed by atoms with van der Waals surface area (Å²) in [7, 11) is 0. The maximum atomic E-state index is 5.64. The molecule has 0 bridgehead atoms. The minimum atomic E-state index is 0.891. The lowest BCUT2D eigenvalue weighted by molar-refractivity contribution is 1.07. The van der Waals surface area contributed by atoms with Crippen LogP contribution in [0.15, 0.2) is 164 Å². The highest BCUT2D eigenvalue weighted by Crippen LogP contribution is 2.46. The lowest BCUT2D eigenvalue weighted by Crippen LogP contribution is -1.99. The molecule has 318 valence electrons. The highest BCUT2D eigenvalue weighted by molar-refractivity contribution is 6.18. The van der Waals surface area contributed by atoms with Gasteiger partial charge in [0.1, 0.15) is 11.6 Å². The average molecular weight is 852 g/mol. The van der Waals surface area contributed by atoms with E-state index in [0.29, 0.717) is 0 Å². The predicted molar refractivity (Wildman–Crippen MR) is 277 cm³/mol. The van der Waals surface area contributed by atoms with Crippen LogP contribution in [0.25, 0.3) is 111 Å². The number of benzene rings is 8. The number of nitrogens with one attached hydrogen (secondary N) is 1. The van der Waals surface area contributed by atoms with Crippen molar-refractivity contribution < 1.29 is 0 Å². The Balaban J connectivity index is 1.17. The number of pyridine rings is 1. The van der Waals surface area contributed by atoms with Crippen molar-refractivity contribution in [3.63, 3.8) is 0 Å². The minimum Gasteiger partial charge on any atom is -0.354 e. The van der Waals surface area contributed by atoms with Gasteiger partial charge in [-0.1, -0.05) is 108 Å². The lowest BCUT2D eigenvalue weighted by Gasteiger charge is -2.18. The third-order valence-electron chi connectivity index (χ3n) is 13.7. The summed E-state index contributed by atoms with van der Waals surface area (Å²) in [6.07, 6.45) is 1.94. The van der Waals surface area contributed by atoms with Crippen LogP contribution in [0.5, 0.6) is 0 Å². The SMILES string of the molecule is Cc1ccnc(-n2c3cc(-c4cccc5c4nc(-c4cccc6c4[nH]c4ccccc46)n5-c4ccccc4)ccc3c3c(-c4c(C)cc(C)cc4C)cc(-c4c(C)cc(C)cc4C)cc32)c1. The molecule has 0 saturated carbocycles. The largest absolute Gasteiger partial charge is 0.354 e. The molecule has 0 radical (unpaired) electrons. The third kappa shape index (κ3) is 6.14. The molecule has 66 heavy (non-hydrogen) atoms. The Bertz CT molecular complexity index is 3910. The first-order chi connectivity index (χ1) is 32.1. The van der Waals surface area contributed by atoms with Crippen LogP contribution >= 0.6 is 0 Å². The molecule has 5 nitrogen and oxygen atoms in total. The van der Waals surface area contributed by atoms with E-state index >= 15 is 0 Å². The van der Waals surface area contributed by atoms with Crippen molar-refractivity contribution in [2.75, 3.05) is 0 Å². The highest BCUT2D eigenvalue weighted by atomic mass is 15.1. The normalized spacial score (nSPS) is 11.9. The number of hydrogen-bond donors (Lipinski definition) is 1. The van der Waals surface area contributed by atoms with E-state index in [4.69, 9.17) is 9.97 Å². The van der Waals surface area contributed by atoms with E-state index in [2.05, 4.69) is 220 Å². The van der Waals surface area contributed by atoms with E-state index in [1.54, 1.807) is 0 Å². The molecule has 12 rings (SSSR count). The Morgan fingerprint density at radius 1 is 0.439 bits per heavy atom. The van der Waals surface area contributed by atoms with Crippen molar-refractivity contribution in [1.82, 2.24) is 24.1 Å². The molecular formula is C61H49N5. The fourth-order valence-electron chi connectivity index (χ4n) is 11.2. The molecule has 0 atom stereocenters. The lowest BCUT2D eigenvalue weighted by atomic mass is 9.86. The molecular weight excluding hydrogens is 803 g/mol. The van der Waals surface area contributed by atoms with Crippen molar-refractivity contribution in [2.24, 2.45) is 0 Å². The van der Waals surface area contributed by atoms with Crippen LogP contribution in [0.2, 0.25) is 0 Å². The number of aromatic amines is 1. The molecule has 0 aliphatic heterocycles. The first kappa shape index (κ1) is 39.6. The molecule has 0 amide bonds. The molecule has 0 unspecified atom stereocenters. The number of para-hydroxylation sites is 4. The average Bonchev–Trinajstić information content (AvgIpc) is 3.98. The number of fused-ring (bicyclic) bond motifs is 7. The van der Waals surface area contributed by atoms with Crippen LogP contribution in [-0.2, 0) is 0 Å². The summed E-state index contributed by atoms with van der Waals surface area (Å²) in [4.78, 5) is 14.5. The van der Waals surface area contributed by atoms with Crippen molar-refractivity contribution >= 4 is 54.6 Å². The Labute approximate surface area is 384 Å². The maximum absolute atomic E-state index is 5.64. The molecule has 0 saturated heterocycles. The number of rotatable bonds is 6. The quantitative estimate of drug-likeness (QED) is 0.181. The molecule has 1 N–H and O–H groups in total. The van der Waals surface area contributed by atoms with E-state index in [9.17, 15) is 0 Å². The Hall–Kier alpha value is -8.02. The van der Waals surface area contributed by atoms with Crippen LogP contribution < -0.4 is 0 Å². The van der Waals surface area contributed by atoms with Gasteiger partial charge in [-0.05, 0) is 165 Å². The number of hydrogen-bond acceptors (Lipinski definition) is 2. The fourth-order valence-corrected chi connectivity index (χ4v) is 11.2. The number of aromatic nitrogens is 5. The Morgan fingerprint density at radius 3 is 1.86 bits per heavy atom.